The Labute approximate surface area is 186 Å². The predicted molar refractivity (Wildman–Crippen MR) is 129 cm³/mol. The van der Waals surface area contributed by atoms with E-state index in [1.807, 2.05) is 11.1 Å². The second-order valence-electron chi connectivity index (χ2n) is 13.0. The van der Waals surface area contributed by atoms with Crippen molar-refractivity contribution in [2.24, 2.45) is 23.2 Å². The summed E-state index contributed by atoms with van der Waals surface area (Å²) in [4.78, 5) is 0. The summed E-state index contributed by atoms with van der Waals surface area (Å²) in [5.41, 5.74) is 4.77. The molecule has 0 nitrogen and oxygen atoms in total. The van der Waals surface area contributed by atoms with E-state index in [-0.39, 0.29) is 7.92 Å². The molecule has 30 heavy (non-hydrogen) atoms. The van der Waals surface area contributed by atoms with E-state index in [4.69, 9.17) is 0 Å². The largest absolute Gasteiger partial charge is 0.0850 e. The fourth-order valence-electron chi connectivity index (χ4n) is 9.82. The molecule has 0 aromatic heterocycles. The lowest BCUT2D eigenvalue weighted by Gasteiger charge is -2.59. The van der Waals surface area contributed by atoms with Crippen LogP contribution in [-0.2, 0) is 0 Å². The van der Waals surface area contributed by atoms with Crippen LogP contribution < -0.4 is 0 Å². The van der Waals surface area contributed by atoms with Gasteiger partial charge in [0.15, 0.2) is 0 Å². The van der Waals surface area contributed by atoms with E-state index >= 15 is 0 Å². The third kappa shape index (κ3) is 3.01. The second-order valence-corrected chi connectivity index (χ2v) is 15.9. The van der Waals surface area contributed by atoms with Gasteiger partial charge in [-0.3, -0.25) is 0 Å². The minimum Gasteiger partial charge on any atom is -0.0850 e. The van der Waals surface area contributed by atoms with Crippen LogP contribution >= 0.6 is 7.92 Å². The molecule has 0 N–H and O–H groups in total. The van der Waals surface area contributed by atoms with Crippen molar-refractivity contribution >= 4 is 7.92 Å². The SMILES string of the molecule is C1=C(C2(P(CC34CC5CC(CC(C5)C3)C4)C3(C4=CCCCC4)CC3)CC2)CCCC1. The third-order valence-corrected chi connectivity index (χ3v) is 15.4. The molecule has 0 radical (unpaired) electrons. The van der Waals surface area contributed by atoms with E-state index in [9.17, 15) is 0 Å². The fraction of sp³-hybridized carbons (Fsp3) is 0.862. The molecule has 8 rings (SSSR count). The average Bonchev–Trinajstić information content (AvgIpc) is 3.68. The monoisotopic (exact) mass is 422 g/mol. The molecule has 164 valence electrons. The molecule has 0 amide bonds. The summed E-state index contributed by atoms with van der Waals surface area (Å²) in [6.45, 7) is 0. The molecule has 0 heterocycles. The van der Waals surface area contributed by atoms with Gasteiger partial charge in [-0.05, 0) is 145 Å². The lowest BCUT2D eigenvalue weighted by atomic mass is 9.50. The van der Waals surface area contributed by atoms with E-state index in [2.05, 4.69) is 12.2 Å². The Kier molecular flexibility index (Phi) is 4.49. The quantitative estimate of drug-likeness (QED) is 0.296. The van der Waals surface area contributed by atoms with Gasteiger partial charge in [0.05, 0.1) is 0 Å². The zero-order chi connectivity index (χ0) is 19.8. The van der Waals surface area contributed by atoms with Crippen LogP contribution in [0.3, 0.4) is 0 Å². The highest BCUT2D eigenvalue weighted by molar-refractivity contribution is 7.62. The Morgan fingerprint density at radius 2 is 1.13 bits per heavy atom. The van der Waals surface area contributed by atoms with Gasteiger partial charge in [-0.25, -0.2) is 0 Å². The molecule has 8 aliphatic rings. The molecule has 1 heteroatoms. The first-order chi connectivity index (χ1) is 14.7. The van der Waals surface area contributed by atoms with Gasteiger partial charge in [0.1, 0.15) is 0 Å². The lowest BCUT2D eigenvalue weighted by molar-refractivity contribution is -0.0389. The van der Waals surface area contributed by atoms with Gasteiger partial charge in [0, 0.05) is 10.3 Å². The first kappa shape index (κ1) is 19.4. The van der Waals surface area contributed by atoms with Crippen molar-refractivity contribution in [3.05, 3.63) is 23.3 Å². The van der Waals surface area contributed by atoms with Crippen LogP contribution in [-0.4, -0.2) is 16.5 Å². The molecule has 0 unspecified atom stereocenters. The van der Waals surface area contributed by atoms with Crippen LogP contribution in [0, 0.1) is 23.2 Å². The highest BCUT2D eigenvalue weighted by Gasteiger charge is 2.65. The highest BCUT2D eigenvalue weighted by Crippen LogP contribution is 2.83. The molecule has 0 saturated heterocycles. The first-order valence-corrected chi connectivity index (χ1v) is 15.4. The van der Waals surface area contributed by atoms with E-state index in [0.717, 1.165) is 23.2 Å². The van der Waals surface area contributed by atoms with E-state index < -0.39 is 0 Å². The highest BCUT2D eigenvalue weighted by atomic mass is 31.1. The van der Waals surface area contributed by atoms with Crippen molar-refractivity contribution in [2.75, 3.05) is 6.16 Å². The Morgan fingerprint density at radius 1 is 0.667 bits per heavy atom. The molecule has 0 aliphatic heterocycles. The molecular weight excluding hydrogens is 379 g/mol. The van der Waals surface area contributed by atoms with E-state index in [1.165, 1.54) is 51.4 Å². The number of allylic oxidation sites excluding steroid dienone is 4. The maximum atomic E-state index is 2.77. The van der Waals surface area contributed by atoms with Gasteiger partial charge < -0.3 is 0 Å². The molecule has 0 atom stereocenters. The summed E-state index contributed by atoms with van der Waals surface area (Å²) in [7, 11) is 0.132. The smallest absolute Gasteiger partial charge is 0.0122 e. The minimum atomic E-state index is 0.132. The topological polar surface area (TPSA) is 0 Å². The van der Waals surface area contributed by atoms with Gasteiger partial charge in [-0.15, -0.1) is 0 Å². The molecule has 6 fully saturated rings. The molecule has 0 aromatic carbocycles. The van der Waals surface area contributed by atoms with Crippen LogP contribution in [0.5, 0.6) is 0 Å². The predicted octanol–water partition coefficient (Wildman–Crippen LogP) is 8.75. The summed E-state index contributed by atoms with van der Waals surface area (Å²) < 4.78 is 0. The maximum Gasteiger partial charge on any atom is 0.0122 e. The second kappa shape index (κ2) is 6.95. The number of hydrogen-bond donors (Lipinski definition) is 0. The van der Waals surface area contributed by atoms with Gasteiger partial charge in [0.2, 0.25) is 0 Å². The Morgan fingerprint density at radius 3 is 1.50 bits per heavy atom. The molecule has 0 aromatic rings. The van der Waals surface area contributed by atoms with Crippen LogP contribution in [0.2, 0.25) is 0 Å². The van der Waals surface area contributed by atoms with Gasteiger partial charge >= 0.3 is 0 Å². The van der Waals surface area contributed by atoms with Crippen molar-refractivity contribution in [1.29, 1.82) is 0 Å². The van der Waals surface area contributed by atoms with Crippen LogP contribution in [0.25, 0.3) is 0 Å². The zero-order valence-electron chi connectivity index (χ0n) is 19.3. The maximum absolute atomic E-state index is 2.77. The third-order valence-electron chi connectivity index (χ3n) is 10.9. The van der Waals surface area contributed by atoms with E-state index in [0.29, 0.717) is 10.3 Å². The van der Waals surface area contributed by atoms with Crippen molar-refractivity contribution in [3.63, 3.8) is 0 Å². The number of hydrogen-bond acceptors (Lipinski definition) is 0. The van der Waals surface area contributed by atoms with Gasteiger partial charge in [-0.2, -0.15) is 0 Å². The molecule has 6 saturated carbocycles. The van der Waals surface area contributed by atoms with E-state index in [1.54, 1.807) is 70.4 Å². The van der Waals surface area contributed by atoms with Crippen LogP contribution in [0.15, 0.2) is 23.3 Å². The van der Waals surface area contributed by atoms with Crippen molar-refractivity contribution in [1.82, 2.24) is 0 Å². The zero-order valence-corrected chi connectivity index (χ0v) is 20.2. The van der Waals surface area contributed by atoms with Gasteiger partial charge in [-0.1, -0.05) is 31.2 Å². The first-order valence-electron chi connectivity index (χ1n) is 13.9. The molecule has 4 bridgehead atoms. The summed E-state index contributed by atoms with van der Waals surface area (Å²) >= 11 is 0. The lowest BCUT2D eigenvalue weighted by Crippen LogP contribution is -2.48. The molecule has 8 aliphatic carbocycles. The fourth-order valence-corrected chi connectivity index (χ4v) is 14.7. The summed E-state index contributed by atoms with van der Waals surface area (Å²) in [5.74, 6) is 3.38. The average molecular weight is 423 g/mol. The molecule has 0 spiro atoms. The van der Waals surface area contributed by atoms with Crippen LogP contribution in [0.1, 0.15) is 116 Å². The van der Waals surface area contributed by atoms with Crippen molar-refractivity contribution < 1.29 is 0 Å². The van der Waals surface area contributed by atoms with Crippen molar-refractivity contribution in [3.8, 4) is 0 Å². The van der Waals surface area contributed by atoms with Gasteiger partial charge in [0.25, 0.3) is 0 Å². The molecular formula is C29H43P. The van der Waals surface area contributed by atoms with Crippen molar-refractivity contribution in [2.45, 2.75) is 126 Å². The summed E-state index contributed by atoms with van der Waals surface area (Å²) in [6.07, 6.45) is 34.9. The number of rotatable bonds is 6. The standard InChI is InChI=1S/C29H43P/c1-3-7-25(8-4-1)28(11-12-28)30(29(13-14-29)26-9-5-2-6-10-26)21-27-18-22-15-23(19-27)17-24(16-22)20-27/h7,9,22-24H,1-6,8,10-21H2. The summed E-state index contributed by atoms with van der Waals surface area (Å²) in [6, 6.07) is 0. The summed E-state index contributed by atoms with van der Waals surface area (Å²) in [5, 5.41) is 1.43. The normalized spacial score (nSPS) is 42.8. The van der Waals surface area contributed by atoms with Crippen LogP contribution in [0.4, 0.5) is 0 Å². The Bertz CT molecular complexity index is 684. The Hall–Kier alpha value is -0.0900. The minimum absolute atomic E-state index is 0.132. The Balaban J connectivity index is 1.26.